The van der Waals surface area contributed by atoms with Gasteiger partial charge < -0.3 is 10.5 Å². The summed E-state index contributed by atoms with van der Waals surface area (Å²) in [6.45, 7) is 8.56. The van der Waals surface area contributed by atoms with Gasteiger partial charge in [0.1, 0.15) is 22.9 Å². The standard InChI is InChI=1S/C16H20ClN3O/c1-5-10-6-7-12(11(8-10)16(2,3)4)21-15-13(17)14(18)19-9-20-15/h6-9H,5H2,1-4H3,(H2,18,19,20). The number of hydrogen-bond donors (Lipinski definition) is 1. The molecule has 0 amide bonds. The highest BCUT2D eigenvalue weighted by Crippen LogP contribution is 2.37. The molecule has 0 atom stereocenters. The van der Waals surface area contributed by atoms with Crippen molar-refractivity contribution < 1.29 is 4.74 Å². The van der Waals surface area contributed by atoms with Gasteiger partial charge in [0.2, 0.25) is 5.88 Å². The monoisotopic (exact) mass is 305 g/mol. The third-order valence-corrected chi connectivity index (χ3v) is 3.61. The molecule has 2 N–H and O–H groups in total. The Morgan fingerprint density at radius 1 is 1.24 bits per heavy atom. The summed E-state index contributed by atoms with van der Waals surface area (Å²) in [6, 6.07) is 6.16. The van der Waals surface area contributed by atoms with Crippen molar-refractivity contribution in [2.45, 2.75) is 39.5 Å². The fourth-order valence-electron chi connectivity index (χ4n) is 2.01. The molecule has 2 rings (SSSR count). The maximum Gasteiger partial charge on any atom is 0.243 e. The quantitative estimate of drug-likeness (QED) is 0.915. The van der Waals surface area contributed by atoms with E-state index in [0.717, 1.165) is 17.7 Å². The van der Waals surface area contributed by atoms with Crippen LogP contribution in [-0.4, -0.2) is 9.97 Å². The van der Waals surface area contributed by atoms with Gasteiger partial charge in [0.05, 0.1) is 0 Å². The van der Waals surface area contributed by atoms with E-state index in [0.29, 0.717) is 0 Å². The number of anilines is 1. The van der Waals surface area contributed by atoms with Gasteiger partial charge in [-0.2, -0.15) is 4.98 Å². The molecule has 5 heteroatoms. The molecule has 1 aromatic carbocycles. The van der Waals surface area contributed by atoms with Crippen LogP contribution in [0.25, 0.3) is 0 Å². The summed E-state index contributed by atoms with van der Waals surface area (Å²) in [5.41, 5.74) is 8.00. The lowest BCUT2D eigenvalue weighted by Crippen LogP contribution is -2.13. The largest absolute Gasteiger partial charge is 0.437 e. The van der Waals surface area contributed by atoms with Crippen molar-refractivity contribution >= 4 is 17.4 Å². The number of rotatable bonds is 3. The van der Waals surface area contributed by atoms with Crippen LogP contribution in [0.15, 0.2) is 24.5 Å². The summed E-state index contributed by atoms with van der Waals surface area (Å²) in [5, 5.41) is 0.233. The predicted octanol–water partition coefficient (Wildman–Crippen LogP) is 4.36. The van der Waals surface area contributed by atoms with Gasteiger partial charge in [-0.1, -0.05) is 51.4 Å². The first-order valence-electron chi connectivity index (χ1n) is 6.90. The first-order valence-corrected chi connectivity index (χ1v) is 7.28. The highest BCUT2D eigenvalue weighted by molar-refractivity contribution is 6.34. The van der Waals surface area contributed by atoms with E-state index in [1.807, 2.05) is 12.1 Å². The van der Waals surface area contributed by atoms with Gasteiger partial charge in [0.25, 0.3) is 0 Å². The average molecular weight is 306 g/mol. The zero-order valence-electron chi connectivity index (χ0n) is 12.8. The highest BCUT2D eigenvalue weighted by Gasteiger charge is 2.21. The van der Waals surface area contributed by atoms with Gasteiger partial charge in [0.15, 0.2) is 0 Å². The Morgan fingerprint density at radius 3 is 2.57 bits per heavy atom. The molecule has 0 saturated heterocycles. The fourth-order valence-corrected chi connectivity index (χ4v) is 2.15. The summed E-state index contributed by atoms with van der Waals surface area (Å²) in [5.74, 6) is 1.22. The number of nitrogen functional groups attached to an aromatic ring is 1. The summed E-state index contributed by atoms with van der Waals surface area (Å²) in [4.78, 5) is 7.89. The van der Waals surface area contributed by atoms with Gasteiger partial charge in [-0.25, -0.2) is 4.98 Å². The zero-order chi connectivity index (χ0) is 15.6. The van der Waals surface area contributed by atoms with Crippen molar-refractivity contribution in [3.05, 3.63) is 40.7 Å². The molecule has 1 aromatic heterocycles. The smallest absolute Gasteiger partial charge is 0.243 e. The maximum absolute atomic E-state index is 6.09. The summed E-state index contributed by atoms with van der Waals surface area (Å²) < 4.78 is 5.88. The summed E-state index contributed by atoms with van der Waals surface area (Å²) in [7, 11) is 0. The van der Waals surface area contributed by atoms with E-state index in [1.54, 1.807) is 0 Å². The van der Waals surface area contributed by atoms with Gasteiger partial charge in [0, 0.05) is 5.56 Å². The van der Waals surface area contributed by atoms with Crippen LogP contribution in [0.4, 0.5) is 5.82 Å². The Bertz CT molecular complexity index is 650. The second-order valence-corrected chi connectivity index (χ2v) is 6.29. The lowest BCUT2D eigenvalue weighted by atomic mass is 9.85. The van der Waals surface area contributed by atoms with E-state index in [2.05, 4.69) is 43.7 Å². The Labute approximate surface area is 130 Å². The number of aromatic nitrogens is 2. The van der Waals surface area contributed by atoms with Crippen molar-refractivity contribution in [3.8, 4) is 11.6 Å². The SMILES string of the molecule is CCc1ccc(Oc2ncnc(N)c2Cl)c(C(C)(C)C)c1. The number of nitrogens with two attached hydrogens (primary N) is 1. The normalized spacial score (nSPS) is 11.5. The molecule has 112 valence electrons. The van der Waals surface area contributed by atoms with E-state index in [9.17, 15) is 0 Å². The molecule has 0 aliphatic heterocycles. The topological polar surface area (TPSA) is 61.0 Å². The Balaban J connectivity index is 2.46. The highest BCUT2D eigenvalue weighted by atomic mass is 35.5. The minimum absolute atomic E-state index is 0.0500. The van der Waals surface area contributed by atoms with Gasteiger partial charge in [-0.05, 0) is 23.5 Å². The number of aryl methyl sites for hydroxylation is 1. The Kier molecular flexibility index (Phi) is 4.37. The lowest BCUT2D eigenvalue weighted by Gasteiger charge is -2.23. The second-order valence-electron chi connectivity index (χ2n) is 5.91. The van der Waals surface area contributed by atoms with Crippen LogP contribution < -0.4 is 10.5 Å². The minimum atomic E-state index is -0.0500. The fraction of sp³-hybridized carbons (Fsp3) is 0.375. The first kappa shape index (κ1) is 15.6. The molecule has 0 fully saturated rings. The molecule has 0 aliphatic carbocycles. The third kappa shape index (κ3) is 3.45. The molecule has 0 radical (unpaired) electrons. The van der Waals surface area contributed by atoms with Gasteiger partial charge in [-0.15, -0.1) is 0 Å². The maximum atomic E-state index is 6.09. The molecule has 0 unspecified atom stereocenters. The third-order valence-electron chi connectivity index (χ3n) is 3.25. The van der Waals surface area contributed by atoms with Crippen LogP contribution in [0.5, 0.6) is 11.6 Å². The van der Waals surface area contributed by atoms with E-state index in [4.69, 9.17) is 22.1 Å². The van der Waals surface area contributed by atoms with E-state index >= 15 is 0 Å². The van der Waals surface area contributed by atoms with Crippen LogP contribution in [0, 0.1) is 0 Å². The van der Waals surface area contributed by atoms with Crippen molar-refractivity contribution in [3.63, 3.8) is 0 Å². The first-order chi connectivity index (χ1) is 9.82. The van der Waals surface area contributed by atoms with E-state index in [-0.39, 0.29) is 22.1 Å². The molecule has 1 heterocycles. The van der Waals surface area contributed by atoms with Gasteiger partial charge in [-0.3, -0.25) is 0 Å². The number of benzene rings is 1. The molecular weight excluding hydrogens is 286 g/mol. The van der Waals surface area contributed by atoms with E-state index < -0.39 is 0 Å². The van der Waals surface area contributed by atoms with Gasteiger partial charge >= 0.3 is 0 Å². The summed E-state index contributed by atoms with van der Waals surface area (Å²) in [6.07, 6.45) is 2.32. The molecule has 0 saturated carbocycles. The predicted molar refractivity (Wildman–Crippen MR) is 86.0 cm³/mol. The Hall–Kier alpha value is -1.81. The molecule has 0 spiro atoms. The number of ether oxygens (including phenoxy) is 1. The average Bonchev–Trinajstić information content (AvgIpc) is 2.43. The van der Waals surface area contributed by atoms with Crippen molar-refractivity contribution in [2.24, 2.45) is 0 Å². The number of hydrogen-bond acceptors (Lipinski definition) is 4. The lowest BCUT2D eigenvalue weighted by molar-refractivity contribution is 0.439. The van der Waals surface area contributed by atoms with Crippen molar-refractivity contribution in [1.82, 2.24) is 9.97 Å². The summed E-state index contributed by atoms with van der Waals surface area (Å²) >= 11 is 6.09. The molecule has 0 aliphatic rings. The van der Waals surface area contributed by atoms with Crippen molar-refractivity contribution in [1.29, 1.82) is 0 Å². The van der Waals surface area contributed by atoms with Crippen LogP contribution in [-0.2, 0) is 11.8 Å². The van der Waals surface area contributed by atoms with Crippen LogP contribution in [0.1, 0.15) is 38.8 Å². The second kappa shape index (κ2) is 5.90. The van der Waals surface area contributed by atoms with Crippen LogP contribution >= 0.6 is 11.6 Å². The molecule has 0 bridgehead atoms. The van der Waals surface area contributed by atoms with Crippen LogP contribution in [0.2, 0.25) is 5.02 Å². The molecule has 4 nitrogen and oxygen atoms in total. The zero-order valence-corrected chi connectivity index (χ0v) is 13.5. The molecular formula is C16H20ClN3O. The number of halogens is 1. The van der Waals surface area contributed by atoms with E-state index in [1.165, 1.54) is 11.9 Å². The minimum Gasteiger partial charge on any atom is -0.437 e. The number of nitrogens with zero attached hydrogens (tertiary/aromatic N) is 2. The molecule has 21 heavy (non-hydrogen) atoms. The molecule has 2 aromatic rings. The Morgan fingerprint density at radius 2 is 1.95 bits per heavy atom. The van der Waals surface area contributed by atoms with Crippen molar-refractivity contribution in [2.75, 3.05) is 5.73 Å². The van der Waals surface area contributed by atoms with Crippen LogP contribution in [0.3, 0.4) is 0 Å².